The van der Waals surface area contributed by atoms with Crippen LogP contribution in [0.2, 0.25) is 0 Å². The molecule has 0 unspecified atom stereocenters. The molecule has 0 amide bonds. The highest BCUT2D eigenvalue weighted by Crippen LogP contribution is 2.08. The highest BCUT2D eigenvalue weighted by atomic mass is 16.5. The van der Waals surface area contributed by atoms with E-state index in [1.165, 1.54) is 7.11 Å². The largest absolute Gasteiger partial charge is 0.464 e. The van der Waals surface area contributed by atoms with Gasteiger partial charge in [-0.15, -0.1) is 6.42 Å². The zero-order valence-electron chi connectivity index (χ0n) is 9.78. The molecule has 16 heavy (non-hydrogen) atoms. The maximum absolute atomic E-state index is 11.2. The molecule has 0 saturated carbocycles. The average Bonchev–Trinajstić information content (AvgIpc) is 2.75. The number of methoxy groups -OCH3 is 1. The van der Waals surface area contributed by atoms with E-state index in [4.69, 9.17) is 6.42 Å². The van der Waals surface area contributed by atoms with E-state index < -0.39 is 0 Å². The van der Waals surface area contributed by atoms with Crippen LogP contribution >= 0.6 is 0 Å². The van der Waals surface area contributed by atoms with Gasteiger partial charge in [0.1, 0.15) is 5.69 Å². The van der Waals surface area contributed by atoms with Crippen molar-refractivity contribution in [2.75, 3.05) is 14.2 Å². The molecule has 4 nitrogen and oxygen atoms in total. The molecule has 1 N–H and O–H groups in total. The van der Waals surface area contributed by atoms with Crippen molar-refractivity contribution < 1.29 is 9.53 Å². The van der Waals surface area contributed by atoms with Crippen LogP contribution < -0.4 is 0 Å². The molecule has 0 aromatic carbocycles. The van der Waals surface area contributed by atoms with E-state index in [1.807, 2.05) is 18.9 Å². The van der Waals surface area contributed by atoms with Crippen LogP contribution in [0.3, 0.4) is 0 Å². The average molecular weight is 220 g/mol. The van der Waals surface area contributed by atoms with Gasteiger partial charge in [0.25, 0.3) is 0 Å². The first kappa shape index (κ1) is 12.3. The van der Waals surface area contributed by atoms with Crippen LogP contribution in [0.15, 0.2) is 12.3 Å². The monoisotopic (exact) mass is 220 g/mol. The van der Waals surface area contributed by atoms with Crippen LogP contribution in [0.1, 0.15) is 23.0 Å². The summed E-state index contributed by atoms with van der Waals surface area (Å²) in [4.78, 5) is 16.1. The lowest BCUT2D eigenvalue weighted by Crippen LogP contribution is -2.26. The van der Waals surface area contributed by atoms with E-state index in [0.717, 1.165) is 5.56 Å². The molecule has 1 rings (SSSR count). The van der Waals surface area contributed by atoms with Gasteiger partial charge in [-0.05, 0) is 25.6 Å². The highest BCUT2D eigenvalue weighted by molar-refractivity contribution is 5.87. The first-order chi connectivity index (χ1) is 7.58. The van der Waals surface area contributed by atoms with Crippen molar-refractivity contribution in [2.45, 2.75) is 19.5 Å². The van der Waals surface area contributed by atoms with E-state index in [0.29, 0.717) is 12.2 Å². The Morgan fingerprint density at radius 2 is 2.44 bits per heavy atom. The number of carbonyl (C=O) groups is 1. The number of hydrogen-bond donors (Lipinski definition) is 1. The van der Waals surface area contributed by atoms with Crippen LogP contribution in [0.25, 0.3) is 0 Å². The molecule has 1 aromatic heterocycles. The fraction of sp³-hybridized carbons (Fsp3) is 0.417. The summed E-state index contributed by atoms with van der Waals surface area (Å²) in [5.41, 5.74) is 1.46. The quantitative estimate of drug-likeness (QED) is 0.613. The topological polar surface area (TPSA) is 45.3 Å². The Balaban J connectivity index is 2.66. The van der Waals surface area contributed by atoms with E-state index in [2.05, 4.69) is 15.6 Å². The third-order valence-electron chi connectivity index (χ3n) is 2.48. The maximum Gasteiger partial charge on any atom is 0.354 e. The summed E-state index contributed by atoms with van der Waals surface area (Å²) in [6.45, 7) is 2.65. The zero-order chi connectivity index (χ0) is 12.1. The maximum atomic E-state index is 11.2. The number of terminal acetylenes is 1. The Morgan fingerprint density at radius 1 is 1.75 bits per heavy atom. The number of aromatic nitrogens is 1. The predicted molar refractivity (Wildman–Crippen MR) is 61.9 cm³/mol. The fourth-order valence-corrected chi connectivity index (χ4v) is 1.31. The molecular weight excluding hydrogens is 204 g/mol. The Labute approximate surface area is 95.6 Å². The summed E-state index contributed by atoms with van der Waals surface area (Å²) in [5, 5.41) is 0. The van der Waals surface area contributed by atoms with E-state index >= 15 is 0 Å². The molecule has 1 heterocycles. The van der Waals surface area contributed by atoms with Crippen molar-refractivity contribution in [3.8, 4) is 12.3 Å². The molecule has 0 aliphatic rings. The summed E-state index contributed by atoms with van der Waals surface area (Å²) >= 11 is 0. The van der Waals surface area contributed by atoms with Crippen molar-refractivity contribution in [3.63, 3.8) is 0 Å². The molecule has 86 valence electrons. The minimum atomic E-state index is -0.362. The van der Waals surface area contributed by atoms with Crippen LogP contribution in [-0.4, -0.2) is 36.1 Å². The third kappa shape index (κ3) is 2.88. The van der Waals surface area contributed by atoms with Crippen molar-refractivity contribution in [3.05, 3.63) is 23.5 Å². The first-order valence-corrected chi connectivity index (χ1v) is 5.00. The molecule has 4 heteroatoms. The fourth-order valence-electron chi connectivity index (χ4n) is 1.31. The number of H-pyrrole nitrogens is 1. The lowest BCUT2D eigenvalue weighted by Gasteiger charge is -2.19. The van der Waals surface area contributed by atoms with E-state index in [1.54, 1.807) is 12.3 Å². The molecule has 1 atom stereocenters. The van der Waals surface area contributed by atoms with Crippen molar-refractivity contribution in [2.24, 2.45) is 0 Å². The van der Waals surface area contributed by atoms with Gasteiger partial charge in [0.2, 0.25) is 0 Å². The molecule has 1 aromatic rings. The molecule has 0 bridgehead atoms. The van der Waals surface area contributed by atoms with Crippen molar-refractivity contribution >= 4 is 5.97 Å². The van der Waals surface area contributed by atoms with Crippen LogP contribution in [0, 0.1) is 12.3 Å². The van der Waals surface area contributed by atoms with Gasteiger partial charge in [0, 0.05) is 12.7 Å². The number of ether oxygens (including phenoxy) is 1. The Kier molecular flexibility index (Phi) is 4.15. The summed E-state index contributed by atoms with van der Waals surface area (Å²) in [5.74, 6) is 2.29. The molecule has 0 spiro atoms. The highest BCUT2D eigenvalue weighted by Gasteiger charge is 2.11. The number of nitrogens with one attached hydrogen (secondary N) is 1. The Hall–Kier alpha value is -1.73. The first-order valence-electron chi connectivity index (χ1n) is 5.00. The lowest BCUT2D eigenvalue weighted by molar-refractivity contribution is 0.0595. The normalized spacial score (nSPS) is 12.2. The SMILES string of the molecule is C#C[C@H](C)N(C)Cc1c[nH]c(C(=O)OC)c1. The zero-order valence-corrected chi connectivity index (χ0v) is 9.78. The predicted octanol–water partition coefficient (Wildman–Crippen LogP) is 1.25. The molecule has 0 aliphatic heterocycles. The van der Waals surface area contributed by atoms with Crippen LogP contribution in [0.5, 0.6) is 0 Å². The van der Waals surface area contributed by atoms with Crippen molar-refractivity contribution in [1.29, 1.82) is 0 Å². The van der Waals surface area contributed by atoms with Gasteiger partial charge in [-0.25, -0.2) is 4.79 Å². The van der Waals surface area contributed by atoms with Gasteiger partial charge in [-0.2, -0.15) is 0 Å². The second-order valence-corrected chi connectivity index (χ2v) is 3.67. The smallest absolute Gasteiger partial charge is 0.354 e. The summed E-state index contributed by atoms with van der Waals surface area (Å²) in [7, 11) is 3.30. The Bertz CT molecular complexity index is 403. The van der Waals surface area contributed by atoms with Gasteiger partial charge in [0.05, 0.1) is 13.2 Å². The van der Waals surface area contributed by atoms with Crippen LogP contribution in [-0.2, 0) is 11.3 Å². The molecule has 0 radical (unpaired) electrons. The Morgan fingerprint density at radius 3 is 3.00 bits per heavy atom. The number of esters is 1. The van der Waals surface area contributed by atoms with E-state index in [9.17, 15) is 4.79 Å². The molecule has 0 aliphatic carbocycles. The minimum Gasteiger partial charge on any atom is -0.464 e. The summed E-state index contributed by atoms with van der Waals surface area (Å²) in [6.07, 6.45) is 7.11. The van der Waals surface area contributed by atoms with Gasteiger partial charge in [-0.1, -0.05) is 5.92 Å². The van der Waals surface area contributed by atoms with Gasteiger partial charge in [0.15, 0.2) is 0 Å². The van der Waals surface area contributed by atoms with Gasteiger partial charge >= 0.3 is 5.97 Å². The molecule has 0 saturated heterocycles. The number of hydrogen-bond acceptors (Lipinski definition) is 3. The number of nitrogens with zero attached hydrogens (tertiary/aromatic N) is 1. The van der Waals surface area contributed by atoms with Gasteiger partial charge < -0.3 is 9.72 Å². The van der Waals surface area contributed by atoms with Crippen molar-refractivity contribution in [1.82, 2.24) is 9.88 Å². The molecule has 0 fully saturated rings. The van der Waals surface area contributed by atoms with Crippen LogP contribution in [0.4, 0.5) is 0 Å². The summed E-state index contributed by atoms with van der Waals surface area (Å²) < 4.78 is 4.61. The number of rotatable bonds is 4. The lowest BCUT2D eigenvalue weighted by atomic mass is 10.2. The second kappa shape index (κ2) is 5.38. The third-order valence-corrected chi connectivity index (χ3v) is 2.48. The minimum absolute atomic E-state index is 0.0662. The molecular formula is C12H16N2O2. The summed E-state index contributed by atoms with van der Waals surface area (Å²) in [6, 6.07) is 1.84. The number of carbonyl (C=O) groups excluding carboxylic acids is 1. The second-order valence-electron chi connectivity index (χ2n) is 3.67. The standard InChI is InChI=1S/C12H16N2O2/c1-5-9(2)14(3)8-10-6-11(13-7-10)12(15)16-4/h1,6-7,9,13H,8H2,2-4H3/t9-/m0/s1. The van der Waals surface area contributed by atoms with E-state index in [-0.39, 0.29) is 12.0 Å². The van der Waals surface area contributed by atoms with Gasteiger partial charge in [-0.3, -0.25) is 4.90 Å². The number of aromatic amines is 1.